The van der Waals surface area contributed by atoms with Crippen LogP contribution in [0.25, 0.3) is 0 Å². The zero-order valence-corrected chi connectivity index (χ0v) is 7.65. The second-order valence-electron chi connectivity index (χ2n) is 3.67. The Kier molecular flexibility index (Phi) is 2.21. The molecule has 0 saturated heterocycles. The molecular weight excluding hydrogens is 154 g/mol. The molecular formula is C8H15N3O. The Labute approximate surface area is 72.0 Å². The minimum absolute atomic E-state index is 0.622. The van der Waals surface area contributed by atoms with Gasteiger partial charge in [-0.25, -0.2) is 0 Å². The molecule has 1 rings (SSSR count). The van der Waals surface area contributed by atoms with Crippen molar-refractivity contribution in [1.82, 2.24) is 9.78 Å². The van der Waals surface area contributed by atoms with E-state index in [-0.39, 0.29) is 0 Å². The monoisotopic (exact) mass is 169 g/mol. The van der Waals surface area contributed by atoms with Crippen LogP contribution in [0.2, 0.25) is 0 Å². The van der Waals surface area contributed by atoms with Gasteiger partial charge in [-0.3, -0.25) is 4.68 Å². The van der Waals surface area contributed by atoms with Gasteiger partial charge in [0.2, 0.25) is 0 Å². The summed E-state index contributed by atoms with van der Waals surface area (Å²) in [5.41, 5.74) is 5.87. The van der Waals surface area contributed by atoms with Gasteiger partial charge < -0.3 is 10.8 Å². The summed E-state index contributed by atoms with van der Waals surface area (Å²) >= 11 is 0. The van der Waals surface area contributed by atoms with E-state index in [2.05, 4.69) is 5.10 Å². The molecule has 1 unspecified atom stereocenters. The van der Waals surface area contributed by atoms with Gasteiger partial charge in [-0.15, -0.1) is 0 Å². The first-order valence-corrected chi connectivity index (χ1v) is 3.87. The average molecular weight is 169 g/mol. The number of hydrogen-bond acceptors (Lipinski definition) is 3. The molecule has 0 fully saturated rings. The highest BCUT2D eigenvalue weighted by Gasteiger charge is 2.25. The highest BCUT2D eigenvalue weighted by atomic mass is 16.3. The van der Waals surface area contributed by atoms with Gasteiger partial charge >= 0.3 is 0 Å². The standard InChI is InChI=1S/C8H15N3O/c1-8(2,9)7(12)6-4-10-11(3)5-6/h4-5,7,12H,9H2,1-3H3. The summed E-state index contributed by atoms with van der Waals surface area (Å²) in [5, 5.41) is 13.6. The number of nitrogens with zero attached hydrogens (tertiary/aromatic N) is 2. The summed E-state index contributed by atoms with van der Waals surface area (Å²) in [5.74, 6) is 0. The van der Waals surface area contributed by atoms with Crippen LogP contribution >= 0.6 is 0 Å². The van der Waals surface area contributed by atoms with E-state index in [0.717, 1.165) is 5.56 Å². The first kappa shape index (κ1) is 9.22. The molecule has 0 amide bonds. The number of aromatic nitrogens is 2. The van der Waals surface area contributed by atoms with Crippen LogP contribution in [0.4, 0.5) is 0 Å². The van der Waals surface area contributed by atoms with Crippen LogP contribution in [0.1, 0.15) is 25.5 Å². The second-order valence-corrected chi connectivity index (χ2v) is 3.67. The summed E-state index contributed by atoms with van der Waals surface area (Å²) < 4.78 is 1.64. The number of aliphatic hydroxyl groups excluding tert-OH is 1. The van der Waals surface area contributed by atoms with E-state index >= 15 is 0 Å². The molecule has 0 radical (unpaired) electrons. The molecule has 1 aromatic heterocycles. The highest BCUT2D eigenvalue weighted by molar-refractivity contribution is 5.12. The van der Waals surface area contributed by atoms with Crippen molar-refractivity contribution in [2.45, 2.75) is 25.5 Å². The van der Waals surface area contributed by atoms with Gasteiger partial charge in [0.05, 0.1) is 12.3 Å². The van der Waals surface area contributed by atoms with Crippen molar-refractivity contribution >= 4 is 0 Å². The molecule has 1 atom stereocenters. The van der Waals surface area contributed by atoms with E-state index in [1.165, 1.54) is 0 Å². The lowest BCUT2D eigenvalue weighted by molar-refractivity contribution is 0.104. The Morgan fingerprint density at radius 3 is 2.58 bits per heavy atom. The number of rotatable bonds is 2. The molecule has 1 heterocycles. The lowest BCUT2D eigenvalue weighted by Crippen LogP contribution is -2.39. The maximum absolute atomic E-state index is 9.69. The van der Waals surface area contributed by atoms with E-state index in [1.807, 2.05) is 0 Å². The van der Waals surface area contributed by atoms with Crippen molar-refractivity contribution in [3.05, 3.63) is 18.0 Å². The zero-order chi connectivity index (χ0) is 9.35. The van der Waals surface area contributed by atoms with Gasteiger partial charge in [0.15, 0.2) is 0 Å². The molecule has 0 aliphatic carbocycles. The van der Waals surface area contributed by atoms with Gasteiger partial charge in [-0.05, 0) is 13.8 Å². The average Bonchev–Trinajstić information content (AvgIpc) is 2.32. The second kappa shape index (κ2) is 2.88. The van der Waals surface area contributed by atoms with Gasteiger partial charge in [-0.2, -0.15) is 5.10 Å². The predicted molar refractivity (Wildman–Crippen MR) is 46.4 cm³/mol. The zero-order valence-electron chi connectivity index (χ0n) is 7.65. The Balaban J connectivity index is 2.85. The van der Waals surface area contributed by atoms with Crippen molar-refractivity contribution in [3.8, 4) is 0 Å². The van der Waals surface area contributed by atoms with Crippen LogP contribution in [0.15, 0.2) is 12.4 Å². The van der Waals surface area contributed by atoms with Crippen LogP contribution in [-0.2, 0) is 7.05 Å². The summed E-state index contributed by atoms with van der Waals surface area (Å²) in [4.78, 5) is 0. The molecule has 0 saturated carbocycles. The van der Waals surface area contributed by atoms with Crippen LogP contribution < -0.4 is 5.73 Å². The molecule has 4 heteroatoms. The number of nitrogens with two attached hydrogens (primary N) is 1. The van der Waals surface area contributed by atoms with Crippen LogP contribution in [0.5, 0.6) is 0 Å². The quantitative estimate of drug-likeness (QED) is 0.664. The summed E-state index contributed by atoms with van der Waals surface area (Å²) in [6.45, 7) is 3.56. The molecule has 0 bridgehead atoms. The number of aliphatic hydroxyl groups is 1. The lowest BCUT2D eigenvalue weighted by atomic mass is 9.95. The van der Waals surface area contributed by atoms with Crippen molar-refractivity contribution in [1.29, 1.82) is 0 Å². The third-order valence-electron chi connectivity index (χ3n) is 1.75. The maximum atomic E-state index is 9.69. The van der Waals surface area contributed by atoms with Gasteiger partial charge in [-0.1, -0.05) is 0 Å². The third-order valence-corrected chi connectivity index (χ3v) is 1.75. The number of aryl methyl sites for hydroxylation is 1. The lowest BCUT2D eigenvalue weighted by Gasteiger charge is -2.24. The fourth-order valence-corrected chi connectivity index (χ4v) is 1.01. The summed E-state index contributed by atoms with van der Waals surface area (Å²) in [6, 6.07) is 0. The first-order valence-electron chi connectivity index (χ1n) is 3.87. The predicted octanol–water partition coefficient (Wildman–Crippen LogP) is 0.191. The van der Waals surface area contributed by atoms with Crippen molar-refractivity contribution in [2.75, 3.05) is 0 Å². The van der Waals surface area contributed by atoms with E-state index in [0.29, 0.717) is 0 Å². The Morgan fingerprint density at radius 2 is 2.25 bits per heavy atom. The van der Waals surface area contributed by atoms with E-state index < -0.39 is 11.6 Å². The fourth-order valence-electron chi connectivity index (χ4n) is 1.01. The molecule has 0 aliphatic heterocycles. The molecule has 12 heavy (non-hydrogen) atoms. The number of hydrogen-bond donors (Lipinski definition) is 2. The normalized spacial score (nSPS) is 14.8. The van der Waals surface area contributed by atoms with Crippen LogP contribution in [-0.4, -0.2) is 20.4 Å². The topological polar surface area (TPSA) is 64.1 Å². The van der Waals surface area contributed by atoms with E-state index in [1.54, 1.807) is 38.0 Å². The van der Waals surface area contributed by atoms with Crippen molar-refractivity contribution < 1.29 is 5.11 Å². The molecule has 0 aromatic carbocycles. The van der Waals surface area contributed by atoms with Gasteiger partial charge in [0.25, 0.3) is 0 Å². The molecule has 0 spiro atoms. The molecule has 0 aliphatic rings. The minimum atomic E-state index is -0.661. The van der Waals surface area contributed by atoms with Crippen LogP contribution in [0.3, 0.4) is 0 Å². The third kappa shape index (κ3) is 1.84. The van der Waals surface area contributed by atoms with Crippen LogP contribution in [0, 0.1) is 0 Å². The first-order chi connectivity index (χ1) is 5.41. The largest absolute Gasteiger partial charge is 0.386 e. The molecule has 1 aromatic rings. The summed E-state index contributed by atoms with van der Waals surface area (Å²) in [6.07, 6.45) is 2.73. The Morgan fingerprint density at radius 1 is 1.67 bits per heavy atom. The van der Waals surface area contributed by atoms with Gasteiger partial charge in [0, 0.05) is 24.3 Å². The van der Waals surface area contributed by atoms with E-state index in [4.69, 9.17) is 5.73 Å². The Bertz CT molecular complexity index is 262. The molecule has 4 nitrogen and oxygen atoms in total. The minimum Gasteiger partial charge on any atom is -0.386 e. The fraction of sp³-hybridized carbons (Fsp3) is 0.625. The summed E-state index contributed by atoms with van der Waals surface area (Å²) in [7, 11) is 1.81. The molecule has 68 valence electrons. The highest BCUT2D eigenvalue weighted by Crippen LogP contribution is 2.21. The maximum Gasteiger partial charge on any atom is 0.0994 e. The van der Waals surface area contributed by atoms with Crippen molar-refractivity contribution in [3.63, 3.8) is 0 Å². The Hall–Kier alpha value is -0.870. The van der Waals surface area contributed by atoms with Crippen molar-refractivity contribution in [2.24, 2.45) is 12.8 Å². The SMILES string of the molecule is Cn1cc(C(O)C(C)(C)N)cn1. The van der Waals surface area contributed by atoms with Gasteiger partial charge in [0.1, 0.15) is 0 Å². The van der Waals surface area contributed by atoms with E-state index in [9.17, 15) is 5.11 Å². The smallest absolute Gasteiger partial charge is 0.0994 e. The molecule has 3 N–H and O–H groups in total.